The van der Waals surface area contributed by atoms with E-state index < -0.39 is 0 Å². The van der Waals surface area contributed by atoms with Gasteiger partial charge in [0.2, 0.25) is 0 Å². The summed E-state index contributed by atoms with van der Waals surface area (Å²) in [5.41, 5.74) is 0. The molecule has 3 atom stereocenters. The van der Waals surface area contributed by atoms with E-state index in [1.807, 2.05) is 0 Å². The van der Waals surface area contributed by atoms with Crippen LogP contribution >= 0.6 is 0 Å². The largest absolute Gasteiger partial charge is 0.316 e. The second-order valence-corrected chi connectivity index (χ2v) is 4.59. The monoisotopic (exact) mass is 166 g/mol. The molecule has 0 aromatic heterocycles. The zero-order valence-corrected chi connectivity index (χ0v) is 7.63. The maximum atomic E-state index is 3.52. The van der Waals surface area contributed by atoms with Crippen LogP contribution in [0.5, 0.6) is 0 Å². The number of nitrogens with zero attached hydrogens (tertiary/aromatic N) is 1. The van der Waals surface area contributed by atoms with E-state index in [-0.39, 0.29) is 0 Å². The molecule has 68 valence electrons. The van der Waals surface area contributed by atoms with Crippen LogP contribution in [0, 0.1) is 5.92 Å². The van der Waals surface area contributed by atoms with Crippen LogP contribution in [0.2, 0.25) is 0 Å². The van der Waals surface area contributed by atoms with E-state index in [0.29, 0.717) is 0 Å². The van der Waals surface area contributed by atoms with E-state index in [0.717, 1.165) is 18.0 Å². The average molecular weight is 166 g/mol. The lowest BCUT2D eigenvalue weighted by atomic mass is 9.92. The van der Waals surface area contributed by atoms with Crippen molar-refractivity contribution in [3.8, 4) is 0 Å². The van der Waals surface area contributed by atoms with Crippen molar-refractivity contribution in [1.82, 2.24) is 10.2 Å². The Labute approximate surface area is 74.3 Å². The number of piperidine rings is 1. The standard InChI is InChI=1S/C10H18N2/c1-2-9-6-8-7-11-4-3-10(8)12(9)5-1/h8-11H,1-7H2. The van der Waals surface area contributed by atoms with Crippen LogP contribution in [0.15, 0.2) is 0 Å². The molecule has 0 aromatic rings. The zero-order chi connectivity index (χ0) is 7.97. The molecule has 0 spiro atoms. The third-order valence-corrected chi connectivity index (χ3v) is 3.99. The van der Waals surface area contributed by atoms with Crippen LogP contribution in [-0.4, -0.2) is 36.6 Å². The molecule has 0 saturated carbocycles. The lowest BCUT2D eigenvalue weighted by Gasteiger charge is -2.31. The smallest absolute Gasteiger partial charge is 0.0151 e. The van der Waals surface area contributed by atoms with Crippen molar-refractivity contribution in [1.29, 1.82) is 0 Å². The fourth-order valence-electron chi connectivity index (χ4n) is 3.48. The number of hydrogen-bond donors (Lipinski definition) is 1. The van der Waals surface area contributed by atoms with Crippen molar-refractivity contribution in [2.24, 2.45) is 5.92 Å². The molecule has 3 aliphatic rings. The molecule has 0 aromatic carbocycles. The first-order valence-corrected chi connectivity index (χ1v) is 5.41. The number of rotatable bonds is 0. The van der Waals surface area contributed by atoms with Crippen molar-refractivity contribution >= 4 is 0 Å². The van der Waals surface area contributed by atoms with Gasteiger partial charge in [0, 0.05) is 12.1 Å². The van der Waals surface area contributed by atoms with Gasteiger partial charge in [-0.05, 0) is 51.2 Å². The van der Waals surface area contributed by atoms with Gasteiger partial charge in [0.25, 0.3) is 0 Å². The van der Waals surface area contributed by atoms with Crippen LogP contribution in [0.3, 0.4) is 0 Å². The lowest BCUT2D eigenvalue weighted by Crippen LogP contribution is -2.43. The predicted molar refractivity (Wildman–Crippen MR) is 49.1 cm³/mol. The molecule has 2 nitrogen and oxygen atoms in total. The maximum Gasteiger partial charge on any atom is 0.0151 e. The van der Waals surface area contributed by atoms with E-state index in [9.17, 15) is 0 Å². The first-order valence-electron chi connectivity index (χ1n) is 5.41. The van der Waals surface area contributed by atoms with Gasteiger partial charge in [0.1, 0.15) is 0 Å². The van der Waals surface area contributed by atoms with Gasteiger partial charge in [-0.1, -0.05) is 0 Å². The number of fused-ring (bicyclic) bond motifs is 3. The van der Waals surface area contributed by atoms with Gasteiger partial charge in [-0.2, -0.15) is 0 Å². The van der Waals surface area contributed by atoms with Crippen molar-refractivity contribution in [3.05, 3.63) is 0 Å². The summed E-state index contributed by atoms with van der Waals surface area (Å²) >= 11 is 0. The van der Waals surface area contributed by atoms with Gasteiger partial charge >= 0.3 is 0 Å². The van der Waals surface area contributed by atoms with Crippen molar-refractivity contribution < 1.29 is 0 Å². The molecule has 3 aliphatic heterocycles. The minimum Gasteiger partial charge on any atom is -0.316 e. The Morgan fingerprint density at radius 1 is 1.25 bits per heavy atom. The summed E-state index contributed by atoms with van der Waals surface area (Å²) in [6, 6.07) is 1.93. The van der Waals surface area contributed by atoms with Gasteiger partial charge in [0.15, 0.2) is 0 Å². The van der Waals surface area contributed by atoms with E-state index in [2.05, 4.69) is 10.2 Å². The summed E-state index contributed by atoms with van der Waals surface area (Å²) in [5, 5.41) is 3.52. The molecule has 3 saturated heterocycles. The minimum atomic E-state index is 0.957. The highest BCUT2D eigenvalue weighted by atomic mass is 15.2. The molecule has 3 heterocycles. The summed E-state index contributed by atoms with van der Waals surface area (Å²) in [6.07, 6.45) is 5.83. The van der Waals surface area contributed by atoms with E-state index in [1.54, 1.807) is 0 Å². The highest BCUT2D eigenvalue weighted by molar-refractivity contribution is 4.99. The highest BCUT2D eigenvalue weighted by Crippen LogP contribution is 2.38. The van der Waals surface area contributed by atoms with Crippen molar-refractivity contribution in [2.75, 3.05) is 19.6 Å². The number of nitrogens with one attached hydrogen (secondary N) is 1. The molecule has 3 fully saturated rings. The van der Waals surface area contributed by atoms with Crippen LogP contribution in [0.1, 0.15) is 25.7 Å². The highest BCUT2D eigenvalue weighted by Gasteiger charge is 2.43. The maximum absolute atomic E-state index is 3.52. The summed E-state index contributed by atoms with van der Waals surface area (Å²) in [7, 11) is 0. The Hall–Kier alpha value is -0.0800. The van der Waals surface area contributed by atoms with Gasteiger partial charge in [0.05, 0.1) is 0 Å². The molecule has 2 heteroatoms. The minimum absolute atomic E-state index is 0.957. The third kappa shape index (κ3) is 0.944. The SMILES string of the molecule is C1CC2CC3CNCCC3N2C1. The summed E-state index contributed by atoms with van der Waals surface area (Å²) in [5.74, 6) is 0.990. The molecule has 1 N–H and O–H groups in total. The topological polar surface area (TPSA) is 15.3 Å². The van der Waals surface area contributed by atoms with Crippen LogP contribution in [0.4, 0.5) is 0 Å². The molecule has 12 heavy (non-hydrogen) atoms. The first kappa shape index (κ1) is 7.34. The third-order valence-electron chi connectivity index (χ3n) is 3.99. The van der Waals surface area contributed by atoms with Crippen LogP contribution in [-0.2, 0) is 0 Å². The summed E-state index contributed by atoms with van der Waals surface area (Å²) in [4.78, 5) is 2.80. The fraction of sp³-hybridized carbons (Fsp3) is 1.00. The lowest BCUT2D eigenvalue weighted by molar-refractivity contribution is 0.191. The second kappa shape index (κ2) is 2.71. The molecular formula is C10H18N2. The van der Waals surface area contributed by atoms with Crippen molar-refractivity contribution in [2.45, 2.75) is 37.8 Å². The van der Waals surface area contributed by atoms with Gasteiger partial charge in [-0.25, -0.2) is 0 Å². The van der Waals surface area contributed by atoms with Crippen molar-refractivity contribution in [3.63, 3.8) is 0 Å². The molecule has 3 rings (SSSR count). The van der Waals surface area contributed by atoms with E-state index in [1.165, 1.54) is 45.3 Å². The molecule has 0 bridgehead atoms. The Kier molecular flexibility index (Phi) is 1.66. The van der Waals surface area contributed by atoms with Gasteiger partial charge < -0.3 is 5.32 Å². The van der Waals surface area contributed by atoms with E-state index in [4.69, 9.17) is 0 Å². The first-order chi connectivity index (χ1) is 5.95. The van der Waals surface area contributed by atoms with E-state index >= 15 is 0 Å². The molecular weight excluding hydrogens is 148 g/mol. The van der Waals surface area contributed by atoms with Gasteiger partial charge in [-0.3, -0.25) is 4.90 Å². The summed E-state index contributed by atoms with van der Waals surface area (Å²) in [6.45, 7) is 3.94. The Morgan fingerprint density at radius 3 is 3.25 bits per heavy atom. The summed E-state index contributed by atoms with van der Waals surface area (Å²) < 4.78 is 0. The zero-order valence-electron chi connectivity index (χ0n) is 7.63. The predicted octanol–water partition coefficient (Wildman–Crippen LogP) is 0.833. The fourth-order valence-corrected chi connectivity index (χ4v) is 3.48. The number of hydrogen-bond acceptors (Lipinski definition) is 2. The molecule has 0 radical (unpaired) electrons. The van der Waals surface area contributed by atoms with Crippen LogP contribution in [0.25, 0.3) is 0 Å². The normalized spacial score (nSPS) is 47.5. The molecule has 0 amide bonds. The average Bonchev–Trinajstić information content (AvgIpc) is 2.62. The van der Waals surface area contributed by atoms with Gasteiger partial charge in [-0.15, -0.1) is 0 Å². The van der Waals surface area contributed by atoms with Crippen LogP contribution < -0.4 is 5.32 Å². The quantitative estimate of drug-likeness (QED) is 0.573. The Bertz CT molecular complexity index is 181. The molecule has 3 unspecified atom stereocenters. The Morgan fingerprint density at radius 2 is 2.25 bits per heavy atom. The molecule has 0 aliphatic carbocycles. The Balaban J connectivity index is 1.79. The second-order valence-electron chi connectivity index (χ2n) is 4.59.